The molecule has 0 atom stereocenters. The molecule has 0 aliphatic heterocycles. The van der Waals surface area contributed by atoms with Crippen molar-refractivity contribution in [1.82, 2.24) is 25.5 Å². The lowest BCUT2D eigenvalue weighted by Gasteiger charge is -2.10. The maximum absolute atomic E-state index is 12.4. The molecule has 150 valence electrons. The van der Waals surface area contributed by atoms with E-state index in [1.54, 1.807) is 36.4 Å². The van der Waals surface area contributed by atoms with Gasteiger partial charge in [-0.2, -0.15) is 0 Å². The van der Waals surface area contributed by atoms with Gasteiger partial charge < -0.3 is 15.5 Å². The number of benzene rings is 3. The molecule has 0 spiro atoms. The molecule has 0 aliphatic carbocycles. The number of nitrogens with zero attached hydrogens (tertiary/aromatic N) is 4. The van der Waals surface area contributed by atoms with E-state index in [0.29, 0.717) is 17.5 Å². The first-order valence-electron chi connectivity index (χ1n) is 9.06. The van der Waals surface area contributed by atoms with Crippen molar-refractivity contribution in [2.24, 2.45) is 0 Å². The second-order valence-electron chi connectivity index (χ2n) is 6.74. The van der Waals surface area contributed by atoms with E-state index in [-0.39, 0.29) is 23.9 Å². The molecule has 3 aromatic carbocycles. The zero-order chi connectivity index (χ0) is 21.1. The number of amides is 1. The molecule has 4 aromatic rings. The van der Waals surface area contributed by atoms with Crippen molar-refractivity contribution in [3.05, 3.63) is 83.2 Å². The lowest BCUT2D eigenvalue weighted by atomic mass is 9.98. The normalized spacial score (nSPS) is 10.8. The van der Waals surface area contributed by atoms with E-state index >= 15 is 0 Å². The lowest BCUT2D eigenvalue weighted by Crippen LogP contribution is -2.26. The van der Waals surface area contributed by atoms with Crippen LogP contribution in [0, 0.1) is 0 Å². The van der Waals surface area contributed by atoms with Crippen molar-refractivity contribution >= 4 is 22.6 Å². The van der Waals surface area contributed by atoms with Gasteiger partial charge in [-0.3, -0.25) is 4.79 Å². The highest BCUT2D eigenvalue weighted by Gasteiger charge is 2.10. The fourth-order valence-electron chi connectivity index (χ4n) is 3.11. The van der Waals surface area contributed by atoms with Crippen LogP contribution >= 0.6 is 0 Å². The van der Waals surface area contributed by atoms with Gasteiger partial charge >= 0.3 is 5.97 Å². The first-order chi connectivity index (χ1) is 14.5. The average molecular weight is 403 g/mol. The number of fused-ring (bicyclic) bond motifs is 1. The predicted octanol–water partition coefficient (Wildman–Crippen LogP) is 2.21. The summed E-state index contributed by atoms with van der Waals surface area (Å²) >= 11 is 0. The molecule has 1 aromatic heterocycles. The topological polar surface area (TPSA) is 130 Å². The van der Waals surface area contributed by atoms with E-state index in [1.807, 2.05) is 6.07 Å². The molecule has 0 radical (unpaired) electrons. The van der Waals surface area contributed by atoms with Crippen molar-refractivity contribution in [3.63, 3.8) is 0 Å². The van der Waals surface area contributed by atoms with Crippen molar-refractivity contribution in [3.8, 4) is 5.75 Å². The molecule has 4 rings (SSSR count). The average Bonchev–Trinajstić information content (AvgIpc) is 3.26. The minimum Gasteiger partial charge on any atom is -0.508 e. The summed E-state index contributed by atoms with van der Waals surface area (Å²) in [5.74, 6) is -1.12. The Kier molecular flexibility index (Phi) is 5.08. The highest BCUT2D eigenvalue weighted by Crippen LogP contribution is 2.28. The smallest absolute Gasteiger partial charge is 0.335 e. The van der Waals surface area contributed by atoms with Crippen LogP contribution in [0.2, 0.25) is 0 Å². The van der Waals surface area contributed by atoms with Crippen LogP contribution in [0.4, 0.5) is 0 Å². The molecule has 0 unspecified atom stereocenters. The van der Waals surface area contributed by atoms with Crippen LogP contribution in [0.3, 0.4) is 0 Å². The van der Waals surface area contributed by atoms with Crippen LogP contribution in [0.15, 0.2) is 60.9 Å². The van der Waals surface area contributed by atoms with Gasteiger partial charge in [0.05, 0.1) is 5.56 Å². The molecule has 0 bridgehead atoms. The van der Waals surface area contributed by atoms with Gasteiger partial charge in [0, 0.05) is 12.0 Å². The molecule has 9 heteroatoms. The molecule has 0 fully saturated rings. The number of carboxylic acids is 1. The first kappa shape index (κ1) is 19.1. The van der Waals surface area contributed by atoms with Gasteiger partial charge in [-0.25, -0.2) is 9.48 Å². The van der Waals surface area contributed by atoms with E-state index < -0.39 is 5.97 Å². The number of carbonyl (C=O) groups excluding carboxylic acids is 1. The first-order valence-corrected chi connectivity index (χ1v) is 9.06. The molecule has 9 nitrogen and oxygen atoms in total. The number of aromatic carboxylic acids is 1. The Morgan fingerprint density at radius 3 is 2.43 bits per heavy atom. The van der Waals surface area contributed by atoms with Gasteiger partial charge in [-0.15, -0.1) is 5.10 Å². The van der Waals surface area contributed by atoms with Gasteiger partial charge in [0.15, 0.2) is 0 Å². The fourth-order valence-corrected chi connectivity index (χ4v) is 3.11. The van der Waals surface area contributed by atoms with Gasteiger partial charge in [-0.1, -0.05) is 18.2 Å². The Hall–Kier alpha value is -4.27. The summed E-state index contributed by atoms with van der Waals surface area (Å²) in [6, 6.07) is 15.2. The molecule has 3 N–H and O–H groups in total. The number of hydrogen-bond donors (Lipinski definition) is 3. The number of phenolic OH excluding ortho intramolecular Hbond substituents is 1. The standard InChI is InChI=1S/C21H17N5O4/c27-19-10-15-5-6-16(20(28)22-11-26-12-23-24-25-26)8-17(15)9-18(19)7-13-1-3-14(4-2-13)21(29)30/h1-6,8-10,12,27H,7,11H2,(H,22,28)(H,29,30). The molecular weight excluding hydrogens is 386 g/mol. The number of nitrogens with one attached hydrogen (secondary N) is 1. The van der Waals surface area contributed by atoms with Crippen molar-refractivity contribution in [1.29, 1.82) is 0 Å². The zero-order valence-corrected chi connectivity index (χ0v) is 15.7. The van der Waals surface area contributed by atoms with Crippen molar-refractivity contribution in [2.75, 3.05) is 0 Å². The monoisotopic (exact) mass is 403 g/mol. The van der Waals surface area contributed by atoms with E-state index in [0.717, 1.165) is 16.3 Å². The number of aromatic nitrogens is 4. The molecule has 0 saturated carbocycles. The van der Waals surface area contributed by atoms with E-state index in [9.17, 15) is 14.7 Å². The molecule has 1 heterocycles. The summed E-state index contributed by atoms with van der Waals surface area (Å²) in [6.45, 7) is 0.150. The number of aromatic hydroxyl groups is 1. The molecule has 0 saturated heterocycles. The summed E-state index contributed by atoms with van der Waals surface area (Å²) in [5, 5.41) is 34.4. The Labute approximate surface area is 170 Å². The Morgan fingerprint density at radius 1 is 0.967 bits per heavy atom. The van der Waals surface area contributed by atoms with Gasteiger partial charge in [0.2, 0.25) is 0 Å². The molecular formula is C21H17N5O4. The number of carbonyl (C=O) groups is 2. The van der Waals surface area contributed by atoms with Crippen molar-refractivity contribution < 1.29 is 19.8 Å². The lowest BCUT2D eigenvalue weighted by molar-refractivity contribution is 0.0696. The summed E-state index contributed by atoms with van der Waals surface area (Å²) in [6.07, 6.45) is 1.83. The van der Waals surface area contributed by atoms with Crippen LogP contribution in [-0.4, -0.2) is 42.3 Å². The largest absolute Gasteiger partial charge is 0.508 e. The maximum atomic E-state index is 12.4. The molecule has 0 aliphatic rings. The van der Waals surface area contributed by atoms with Gasteiger partial charge in [0.25, 0.3) is 5.91 Å². The zero-order valence-electron chi connectivity index (χ0n) is 15.7. The minimum absolute atomic E-state index is 0.140. The third-order valence-corrected chi connectivity index (χ3v) is 4.69. The number of carboxylic acid groups (broad SMARTS) is 1. The maximum Gasteiger partial charge on any atom is 0.335 e. The minimum atomic E-state index is -0.985. The SMILES string of the molecule is O=C(O)c1ccc(Cc2cc3cc(C(=O)NCn4cnnn4)ccc3cc2O)cc1. The van der Waals surface area contributed by atoms with E-state index in [4.69, 9.17) is 5.11 Å². The molecule has 1 amide bonds. The highest BCUT2D eigenvalue weighted by atomic mass is 16.4. The third-order valence-electron chi connectivity index (χ3n) is 4.69. The quantitative estimate of drug-likeness (QED) is 0.450. The molecule has 30 heavy (non-hydrogen) atoms. The third kappa shape index (κ3) is 4.09. The van der Waals surface area contributed by atoms with E-state index in [2.05, 4.69) is 20.8 Å². The Bertz CT molecular complexity index is 1220. The van der Waals surface area contributed by atoms with Crippen LogP contribution in [0.5, 0.6) is 5.75 Å². The number of hydrogen-bond acceptors (Lipinski definition) is 6. The van der Waals surface area contributed by atoms with Crippen molar-refractivity contribution in [2.45, 2.75) is 13.1 Å². The van der Waals surface area contributed by atoms with Crippen LogP contribution < -0.4 is 5.32 Å². The second-order valence-corrected chi connectivity index (χ2v) is 6.74. The summed E-state index contributed by atoms with van der Waals surface area (Å²) in [7, 11) is 0. The summed E-state index contributed by atoms with van der Waals surface area (Å²) in [5.41, 5.74) is 2.22. The predicted molar refractivity (Wildman–Crippen MR) is 107 cm³/mol. The summed E-state index contributed by atoms with van der Waals surface area (Å²) < 4.78 is 1.39. The Balaban J connectivity index is 1.56. The summed E-state index contributed by atoms with van der Waals surface area (Å²) in [4.78, 5) is 23.4. The number of tetrazole rings is 1. The Morgan fingerprint density at radius 2 is 1.73 bits per heavy atom. The fraction of sp³-hybridized carbons (Fsp3) is 0.0952. The highest BCUT2D eigenvalue weighted by molar-refractivity contribution is 5.99. The van der Waals surface area contributed by atoms with Crippen LogP contribution in [0.25, 0.3) is 10.8 Å². The van der Waals surface area contributed by atoms with Gasteiger partial charge in [-0.05, 0) is 68.7 Å². The van der Waals surface area contributed by atoms with Crippen LogP contribution in [-0.2, 0) is 13.1 Å². The number of phenols is 1. The van der Waals surface area contributed by atoms with Gasteiger partial charge in [0.1, 0.15) is 18.7 Å². The van der Waals surface area contributed by atoms with Crippen LogP contribution in [0.1, 0.15) is 31.8 Å². The second kappa shape index (κ2) is 8.00. The number of rotatable bonds is 6. The van der Waals surface area contributed by atoms with E-state index in [1.165, 1.54) is 23.1 Å².